The standard InChI is InChI=1S/C6H9BrN2O/c1-3-5(7)6(10)9-4(2)8-3/h3,5H,1-2H3,(H,8,9,10). The lowest BCUT2D eigenvalue weighted by atomic mass is 10.2. The number of amidine groups is 1. The maximum absolute atomic E-state index is 11.0. The van der Waals surface area contributed by atoms with Gasteiger partial charge < -0.3 is 5.32 Å². The number of carbonyl (C=O) groups is 1. The van der Waals surface area contributed by atoms with Crippen LogP contribution in [0.4, 0.5) is 0 Å². The van der Waals surface area contributed by atoms with E-state index in [-0.39, 0.29) is 16.8 Å². The van der Waals surface area contributed by atoms with E-state index in [0.717, 1.165) is 0 Å². The Bertz CT molecular complexity index is 190. The lowest BCUT2D eigenvalue weighted by Crippen LogP contribution is -2.44. The Morgan fingerprint density at radius 1 is 1.70 bits per heavy atom. The average molecular weight is 205 g/mol. The van der Waals surface area contributed by atoms with E-state index in [0.29, 0.717) is 5.84 Å². The molecule has 0 aromatic carbocycles. The van der Waals surface area contributed by atoms with Crippen LogP contribution in [0.2, 0.25) is 0 Å². The number of halogens is 1. The first-order chi connectivity index (χ1) is 4.61. The third-order valence-corrected chi connectivity index (χ3v) is 2.56. The first-order valence-corrected chi connectivity index (χ1v) is 4.02. The van der Waals surface area contributed by atoms with Gasteiger partial charge in [0.15, 0.2) is 0 Å². The highest BCUT2D eigenvalue weighted by Crippen LogP contribution is 2.12. The van der Waals surface area contributed by atoms with E-state index in [1.807, 2.05) is 6.92 Å². The SMILES string of the molecule is CC1=NC(C)C(Br)C(=O)N1. The Balaban J connectivity index is 2.79. The van der Waals surface area contributed by atoms with E-state index in [1.54, 1.807) is 6.92 Å². The van der Waals surface area contributed by atoms with E-state index in [9.17, 15) is 4.79 Å². The molecule has 0 aromatic heterocycles. The van der Waals surface area contributed by atoms with Crippen LogP contribution in [0.25, 0.3) is 0 Å². The van der Waals surface area contributed by atoms with Crippen LogP contribution in [0.5, 0.6) is 0 Å². The van der Waals surface area contributed by atoms with Crippen LogP contribution in [0.15, 0.2) is 4.99 Å². The van der Waals surface area contributed by atoms with Gasteiger partial charge in [-0.1, -0.05) is 15.9 Å². The van der Waals surface area contributed by atoms with Gasteiger partial charge in [-0.05, 0) is 13.8 Å². The van der Waals surface area contributed by atoms with Gasteiger partial charge in [-0.3, -0.25) is 9.79 Å². The van der Waals surface area contributed by atoms with Gasteiger partial charge in [0.05, 0.1) is 6.04 Å². The molecule has 56 valence electrons. The molecule has 2 atom stereocenters. The lowest BCUT2D eigenvalue weighted by Gasteiger charge is -2.20. The fourth-order valence-corrected chi connectivity index (χ4v) is 1.10. The predicted octanol–water partition coefficient (Wildman–Crippen LogP) is 0.687. The Hall–Kier alpha value is -0.380. The molecule has 0 aliphatic carbocycles. The second kappa shape index (κ2) is 2.70. The number of hydrogen-bond donors (Lipinski definition) is 1. The van der Waals surface area contributed by atoms with Crippen molar-refractivity contribution in [2.45, 2.75) is 24.7 Å². The van der Waals surface area contributed by atoms with Crippen molar-refractivity contribution in [2.75, 3.05) is 0 Å². The molecular weight excluding hydrogens is 196 g/mol. The molecule has 10 heavy (non-hydrogen) atoms. The molecule has 0 fully saturated rings. The van der Waals surface area contributed by atoms with E-state index in [1.165, 1.54) is 0 Å². The second-order valence-corrected chi connectivity index (χ2v) is 3.33. The molecule has 1 N–H and O–H groups in total. The molecular formula is C6H9BrN2O. The highest BCUT2D eigenvalue weighted by Gasteiger charge is 2.25. The molecule has 1 aliphatic rings. The van der Waals surface area contributed by atoms with Gasteiger partial charge in [0.25, 0.3) is 0 Å². The summed E-state index contributed by atoms with van der Waals surface area (Å²) in [6, 6.07) is 0.0498. The monoisotopic (exact) mass is 204 g/mol. The van der Waals surface area contributed by atoms with Crippen LogP contribution in [-0.4, -0.2) is 22.6 Å². The van der Waals surface area contributed by atoms with E-state index >= 15 is 0 Å². The van der Waals surface area contributed by atoms with Gasteiger partial charge in [0.1, 0.15) is 10.7 Å². The number of rotatable bonds is 0. The summed E-state index contributed by atoms with van der Waals surface area (Å²) in [4.78, 5) is 15.0. The molecule has 0 spiro atoms. The normalized spacial score (nSPS) is 33.1. The molecule has 1 rings (SSSR count). The summed E-state index contributed by atoms with van der Waals surface area (Å²) >= 11 is 3.23. The van der Waals surface area contributed by atoms with Gasteiger partial charge in [-0.15, -0.1) is 0 Å². The highest BCUT2D eigenvalue weighted by atomic mass is 79.9. The topological polar surface area (TPSA) is 41.5 Å². The number of alkyl halides is 1. The third-order valence-electron chi connectivity index (χ3n) is 1.38. The van der Waals surface area contributed by atoms with Gasteiger partial charge >= 0.3 is 0 Å². The first-order valence-electron chi connectivity index (χ1n) is 3.10. The molecule has 1 heterocycles. The molecule has 2 unspecified atom stereocenters. The Kier molecular flexibility index (Phi) is 2.08. The van der Waals surface area contributed by atoms with E-state index in [2.05, 4.69) is 26.2 Å². The minimum atomic E-state index is -0.170. The van der Waals surface area contributed by atoms with Gasteiger partial charge in [0, 0.05) is 0 Å². The number of nitrogens with zero attached hydrogens (tertiary/aromatic N) is 1. The van der Waals surface area contributed by atoms with Crippen molar-refractivity contribution < 1.29 is 4.79 Å². The lowest BCUT2D eigenvalue weighted by molar-refractivity contribution is -0.119. The zero-order valence-corrected chi connectivity index (χ0v) is 7.47. The fraction of sp³-hybridized carbons (Fsp3) is 0.667. The largest absolute Gasteiger partial charge is 0.314 e. The highest BCUT2D eigenvalue weighted by molar-refractivity contribution is 9.10. The Morgan fingerprint density at radius 2 is 2.30 bits per heavy atom. The summed E-state index contributed by atoms with van der Waals surface area (Å²) in [5.74, 6) is 0.702. The molecule has 1 amide bonds. The number of nitrogens with one attached hydrogen (secondary N) is 1. The van der Waals surface area contributed by atoms with E-state index in [4.69, 9.17) is 0 Å². The van der Waals surface area contributed by atoms with Crippen LogP contribution < -0.4 is 5.32 Å². The molecule has 0 bridgehead atoms. The summed E-state index contributed by atoms with van der Waals surface area (Å²) in [5, 5.41) is 2.62. The molecule has 0 aromatic rings. The van der Waals surface area contributed by atoms with Crippen LogP contribution in [-0.2, 0) is 4.79 Å². The predicted molar refractivity (Wildman–Crippen MR) is 43.4 cm³/mol. The third kappa shape index (κ3) is 1.37. The smallest absolute Gasteiger partial charge is 0.241 e. The van der Waals surface area contributed by atoms with Crippen molar-refractivity contribution >= 4 is 27.7 Å². The number of aliphatic imine (C=N–C) groups is 1. The quantitative estimate of drug-likeness (QED) is 0.580. The Morgan fingerprint density at radius 3 is 2.80 bits per heavy atom. The van der Waals surface area contributed by atoms with Gasteiger partial charge in [-0.25, -0.2) is 0 Å². The van der Waals surface area contributed by atoms with Crippen molar-refractivity contribution in [1.29, 1.82) is 0 Å². The number of amides is 1. The number of carbonyl (C=O) groups excluding carboxylic acids is 1. The van der Waals surface area contributed by atoms with Crippen molar-refractivity contribution in [1.82, 2.24) is 5.32 Å². The summed E-state index contributed by atoms with van der Waals surface area (Å²) < 4.78 is 0. The second-order valence-electron chi connectivity index (χ2n) is 2.35. The minimum absolute atomic E-state index is 0.000000000000000222. The van der Waals surface area contributed by atoms with Crippen molar-refractivity contribution in [2.24, 2.45) is 4.99 Å². The van der Waals surface area contributed by atoms with Crippen LogP contribution in [0.1, 0.15) is 13.8 Å². The van der Waals surface area contributed by atoms with Crippen molar-refractivity contribution in [3.63, 3.8) is 0 Å². The summed E-state index contributed by atoms with van der Waals surface area (Å²) in [6.45, 7) is 3.69. The molecule has 4 heteroatoms. The fourth-order valence-electron chi connectivity index (χ4n) is 0.869. The minimum Gasteiger partial charge on any atom is -0.314 e. The van der Waals surface area contributed by atoms with E-state index < -0.39 is 0 Å². The molecule has 0 radical (unpaired) electrons. The maximum atomic E-state index is 11.0. The summed E-state index contributed by atoms with van der Waals surface area (Å²) in [5.41, 5.74) is 0. The van der Waals surface area contributed by atoms with Gasteiger partial charge in [-0.2, -0.15) is 0 Å². The van der Waals surface area contributed by atoms with Crippen molar-refractivity contribution in [3.05, 3.63) is 0 Å². The zero-order valence-electron chi connectivity index (χ0n) is 5.89. The molecule has 0 saturated carbocycles. The maximum Gasteiger partial charge on any atom is 0.241 e. The Labute approximate surface area is 68.0 Å². The van der Waals surface area contributed by atoms with Crippen LogP contribution in [0, 0.1) is 0 Å². The molecule has 3 nitrogen and oxygen atoms in total. The first kappa shape index (κ1) is 7.72. The molecule has 1 aliphatic heterocycles. The van der Waals surface area contributed by atoms with Crippen LogP contribution >= 0.6 is 15.9 Å². The molecule has 0 saturated heterocycles. The zero-order chi connectivity index (χ0) is 7.72. The van der Waals surface area contributed by atoms with Crippen molar-refractivity contribution in [3.8, 4) is 0 Å². The van der Waals surface area contributed by atoms with Gasteiger partial charge in [0.2, 0.25) is 5.91 Å². The number of hydrogen-bond acceptors (Lipinski definition) is 2. The average Bonchev–Trinajstić information content (AvgIpc) is 1.82. The summed E-state index contributed by atoms with van der Waals surface area (Å²) in [6.07, 6.45) is 0. The summed E-state index contributed by atoms with van der Waals surface area (Å²) in [7, 11) is 0. The van der Waals surface area contributed by atoms with Crippen LogP contribution in [0.3, 0.4) is 0 Å².